The fraction of sp³-hybridized carbons (Fsp3) is 0.526. The van der Waals surface area contributed by atoms with Gasteiger partial charge in [0.1, 0.15) is 6.61 Å². The highest BCUT2D eigenvalue weighted by molar-refractivity contribution is 5.84. The van der Waals surface area contributed by atoms with Gasteiger partial charge in [-0.1, -0.05) is 18.2 Å². The average molecular weight is 327 g/mol. The molecule has 2 saturated heterocycles. The van der Waals surface area contributed by atoms with Gasteiger partial charge in [0.2, 0.25) is 5.91 Å². The van der Waals surface area contributed by atoms with Crippen molar-refractivity contribution in [2.75, 3.05) is 32.8 Å². The van der Waals surface area contributed by atoms with Gasteiger partial charge in [-0.25, -0.2) is 0 Å². The van der Waals surface area contributed by atoms with Gasteiger partial charge in [-0.2, -0.15) is 0 Å². The monoisotopic (exact) mass is 327 g/mol. The van der Waals surface area contributed by atoms with Crippen molar-refractivity contribution in [3.8, 4) is 0 Å². The number of amides is 1. The standard InChI is InChI=1S/C19H25N3O2/c1-14-15(16-4-2-3-5-17(16)21-14)6-9-22-10-7-19(8-11-22)13-20-18(23)12-24-19/h2-5,21H,6-13H2,1H3,(H,20,23). The molecule has 0 unspecified atom stereocenters. The Morgan fingerprint density at radius 3 is 2.79 bits per heavy atom. The topological polar surface area (TPSA) is 57.4 Å². The third kappa shape index (κ3) is 2.94. The number of carbonyl (C=O) groups excluding carboxylic acids is 1. The molecule has 0 radical (unpaired) electrons. The maximum Gasteiger partial charge on any atom is 0.246 e. The number of hydrogen-bond acceptors (Lipinski definition) is 3. The number of morpholine rings is 1. The molecule has 1 aromatic heterocycles. The Kier molecular flexibility index (Phi) is 4.06. The largest absolute Gasteiger partial charge is 0.363 e. The van der Waals surface area contributed by atoms with Crippen LogP contribution in [0.25, 0.3) is 10.9 Å². The third-order valence-electron chi connectivity index (χ3n) is 5.59. The Morgan fingerprint density at radius 1 is 1.25 bits per heavy atom. The number of nitrogens with zero attached hydrogens (tertiary/aromatic N) is 1. The normalized spacial score (nSPS) is 21.3. The number of benzene rings is 1. The predicted octanol–water partition coefficient (Wildman–Crippen LogP) is 2.00. The number of H-pyrrole nitrogens is 1. The van der Waals surface area contributed by atoms with E-state index in [9.17, 15) is 4.79 Å². The molecule has 3 heterocycles. The number of aryl methyl sites for hydroxylation is 1. The molecule has 2 N–H and O–H groups in total. The molecule has 5 nitrogen and oxygen atoms in total. The highest BCUT2D eigenvalue weighted by atomic mass is 16.5. The van der Waals surface area contributed by atoms with Crippen molar-refractivity contribution < 1.29 is 9.53 Å². The number of piperidine rings is 1. The van der Waals surface area contributed by atoms with E-state index in [4.69, 9.17) is 4.74 Å². The van der Waals surface area contributed by atoms with Crippen LogP contribution < -0.4 is 5.32 Å². The minimum absolute atomic E-state index is 0.0119. The molecule has 2 aliphatic heterocycles. The summed E-state index contributed by atoms with van der Waals surface area (Å²) >= 11 is 0. The summed E-state index contributed by atoms with van der Waals surface area (Å²) in [5.74, 6) is 0.0119. The average Bonchev–Trinajstić information content (AvgIpc) is 2.93. The molecule has 0 aliphatic carbocycles. The first-order valence-electron chi connectivity index (χ1n) is 8.84. The van der Waals surface area contributed by atoms with Crippen LogP contribution in [0.5, 0.6) is 0 Å². The van der Waals surface area contributed by atoms with Crippen LogP contribution >= 0.6 is 0 Å². The van der Waals surface area contributed by atoms with Gasteiger partial charge in [-0.05, 0) is 37.8 Å². The van der Waals surface area contributed by atoms with Crippen molar-refractivity contribution in [2.45, 2.75) is 31.8 Å². The zero-order valence-electron chi connectivity index (χ0n) is 14.2. The molecule has 4 rings (SSSR count). The van der Waals surface area contributed by atoms with Crippen molar-refractivity contribution in [3.05, 3.63) is 35.5 Å². The number of ether oxygens (including phenoxy) is 1. The van der Waals surface area contributed by atoms with E-state index in [0.29, 0.717) is 6.54 Å². The Bertz CT molecular complexity index is 732. The van der Waals surface area contributed by atoms with Gasteiger partial charge >= 0.3 is 0 Å². The quantitative estimate of drug-likeness (QED) is 0.906. The predicted molar refractivity (Wildman–Crippen MR) is 94.1 cm³/mol. The first-order valence-corrected chi connectivity index (χ1v) is 8.84. The molecule has 1 spiro atoms. The van der Waals surface area contributed by atoms with E-state index in [1.807, 2.05) is 0 Å². The van der Waals surface area contributed by atoms with Crippen LogP contribution in [0.3, 0.4) is 0 Å². The van der Waals surface area contributed by atoms with E-state index < -0.39 is 0 Å². The fourth-order valence-corrected chi connectivity index (χ4v) is 4.01. The van der Waals surface area contributed by atoms with E-state index in [0.717, 1.165) is 38.9 Å². The maximum atomic E-state index is 11.3. The first-order chi connectivity index (χ1) is 11.7. The Morgan fingerprint density at radius 2 is 2.04 bits per heavy atom. The summed E-state index contributed by atoms with van der Waals surface area (Å²) in [4.78, 5) is 17.3. The summed E-state index contributed by atoms with van der Waals surface area (Å²) in [6, 6.07) is 8.54. The summed E-state index contributed by atoms with van der Waals surface area (Å²) in [7, 11) is 0. The molecule has 2 fully saturated rings. The van der Waals surface area contributed by atoms with Crippen molar-refractivity contribution in [2.24, 2.45) is 0 Å². The SMILES string of the molecule is Cc1[nH]c2ccccc2c1CCN1CCC2(CC1)CNC(=O)CO2. The number of aromatic nitrogens is 1. The zero-order chi connectivity index (χ0) is 16.6. The molecular formula is C19H25N3O2. The van der Waals surface area contributed by atoms with Gasteiger partial charge in [0.05, 0.1) is 5.60 Å². The molecule has 128 valence electrons. The van der Waals surface area contributed by atoms with Gasteiger partial charge in [0.25, 0.3) is 0 Å². The molecule has 2 aliphatic rings. The number of fused-ring (bicyclic) bond motifs is 1. The second kappa shape index (κ2) is 6.22. The highest BCUT2D eigenvalue weighted by Crippen LogP contribution is 2.28. The van der Waals surface area contributed by atoms with Crippen LogP contribution in [0.4, 0.5) is 0 Å². The fourth-order valence-electron chi connectivity index (χ4n) is 4.01. The lowest BCUT2D eigenvalue weighted by atomic mass is 9.90. The van der Waals surface area contributed by atoms with Gasteiger partial charge in [0.15, 0.2) is 0 Å². The first kappa shape index (κ1) is 15.7. The van der Waals surface area contributed by atoms with Crippen LogP contribution in [0.1, 0.15) is 24.1 Å². The molecular weight excluding hydrogens is 302 g/mol. The third-order valence-corrected chi connectivity index (χ3v) is 5.59. The molecule has 0 bridgehead atoms. The lowest BCUT2D eigenvalue weighted by Gasteiger charge is -2.43. The van der Waals surface area contributed by atoms with E-state index in [1.54, 1.807) is 0 Å². The zero-order valence-corrected chi connectivity index (χ0v) is 14.2. The Labute approximate surface area is 142 Å². The molecule has 1 aromatic carbocycles. The van der Waals surface area contributed by atoms with Gasteiger partial charge in [-0.15, -0.1) is 0 Å². The van der Waals surface area contributed by atoms with E-state index in [1.165, 1.54) is 22.2 Å². The molecule has 2 aromatic rings. The van der Waals surface area contributed by atoms with Crippen LogP contribution in [0.2, 0.25) is 0 Å². The minimum Gasteiger partial charge on any atom is -0.363 e. The van der Waals surface area contributed by atoms with E-state index >= 15 is 0 Å². The van der Waals surface area contributed by atoms with Gasteiger partial charge in [-0.3, -0.25) is 4.79 Å². The summed E-state index contributed by atoms with van der Waals surface area (Å²) in [6.07, 6.45) is 3.07. The van der Waals surface area contributed by atoms with E-state index in [-0.39, 0.29) is 18.1 Å². The molecule has 0 atom stereocenters. The number of hydrogen-bond donors (Lipinski definition) is 2. The van der Waals surface area contributed by atoms with Gasteiger partial charge in [0, 0.05) is 42.8 Å². The lowest BCUT2D eigenvalue weighted by molar-refractivity contribution is -0.150. The molecule has 1 amide bonds. The number of nitrogens with one attached hydrogen (secondary N) is 2. The molecule has 5 heteroatoms. The van der Waals surface area contributed by atoms with Crippen molar-refractivity contribution in [3.63, 3.8) is 0 Å². The number of rotatable bonds is 3. The van der Waals surface area contributed by atoms with Crippen LogP contribution in [-0.4, -0.2) is 54.2 Å². The van der Waals surface area contributed by atoms with Crippen molar-refractivity contribution in [1.82, 2.24) is 15.2 Å². The van der Waals surface area contributed by atoms with Crippen LogP contribution in [0.15, 0.2) is 24.3 Å². The summed E-state index contributed by atoms with van der Waals surface area (Å²) in [5, 5.41) is 4.30. The smallest absolute Gasteiger partial charge is 0.246 e. The second-order valence-electron chi connectivity index (χ2n) is 7.11. The van der Waals surface area contributed by atoms with Crippen LogP contribution in [0, 0.1) is 6.92 Å². The lowest BCUT2D eigenvalue weighted by Crippen LogP contribution is -2.57. The maximum absolute atomic E-state index is 11.3. The Hall–Kier alpha value is -1.85. The number of likely N-dealkylation sites (tertiary alicyclic amines) is 1. The number of para-hydroxylation sites is 1. The van der Waals surface area contributed by atoms with E-state index in [2.05, 4.69) is 46.4 Å². The van der Waals surface area contributed by atoms with Crippen LogP contribution in [-0.2, 0) is 16.0 Å². The number of aromatic amines is 1. The second-order valence-corrected chi connectivity index (χ2v) is 7.11. The minimum atomic E-state index is -0.124. The van der Waals surface area contributed by atoms with Crippen molar-refractivity contribution >= 4 is 16.8 Å². The highest BCUT2D eigenvalue weighted by Gasteiger charge is 2.38. The van der Waals surface area contributed by atoms with Gasteiger partial charge < -0.3 is 19.9 Å². The summed E-state index contributed by atoms with van der Waals surface area (Å²) in [5.41, 5.74) is 3.82. The molecule has 0 saturated carbocycles. The summed E-state index contributed by atoms with van der Waals surface area (Å²) < 4.78 is 5.85. The number of carbonyl (C=O) groups is 1. The van der Waals surface area contributed by atoms with Crippen molar-refractivity contribution in [1.29, 1.82) is 0 Å². The molecule has 24 heavy (non-hydrogen) atoms. The summed E-state index contributed by atoms with van der Waals surface area (Å²) in [6.45, 7) is 6.20. The Balaban J connectivity index is 1.36.